The van der Waals surface area contributed by atoms with E-state index < -0.39 is 11.6 Å². The summed E-state index contributed by atoms with van der Waals surface area (Å²) in [6.07, 6.45) is 1.04. The van der Waals surface area contributed by atoms with Crippen molar-refractivity contribution in [3.63, 3.8) is 0 Å². The molecule has 0 spiro atoms. The van der Waals surface area contributed by atoms with E-state index in [1.165, 1.54) is 5.56 Å². The van der Waals surface area contributed by atoms with Crippen LogP contribution in [0.15, 0.2) is 35.1 Å². The Morgan fingerprint density at radius 2 is 2.07 bits per heavy atom. The molecule has 1 N–H and O–H groups in total. The molecule has 0 fully saturated rings. The van der Waals surface area contributed by atoms with Crippen LogP contribution < -0.4 is 5.56 Å². The van der Waals surface area contributed by atoms with Gasteiger partial charge in [0.2, 0.25) is 0 Å². The first-order valence-electron chi connectivity index (χ1n) is 9.56. The van der Waals surface area contributed by atoms with Gasteiger partial charge in [-0.1, -0.05) is 26.0 Å². The number of aliphatic hydroxyl groups is 1. The summed E-state index contributed by atoms with van der Waals surface area (Å²) >= 11 is 0. The molecule has 1 atom stereocenters. The van der Waals surface area contributed by atoms with Gasteiger partial charge in [0.25, 0.3) is 5.56 Å². The summed E-state index contributed by atoms with van der Waals surface area (Å²) in [5.74, 6) is -0.705. The van der Waals surface area contributed by atoms with Crippen molar-refractivity contribution in [2.45, 2.75) is 45.4 Å². The zero-order valence-corrected chi connectivity index (χ0v) is 15.8. The lowest BCUT2D eigenvalue weighted by molar-refractivity contribution is -0.172. The van der Waals surface area contributed by atoms with Crippen LogP contribution in [0.3, 0.4) is 0 Å². The number of hydrogen-bond acceptors (Lipinski definition) is 5. The maximum atomic E-state index is 13.1. The molecule has 2 aliphatic heterocycles. The second-order valence-electron chi connectivity index (χ2n) is 7.44. The first kappa shape index (κ1) is 17.1. The number of carbonyl (C=O) groups excluding carboxylic acids is 1. The molecule has 2 aromatic heterocycles. The zero-order valence-electron chi connectivity index (χ0n) is 15.8. The van der Waals surface area contributed by atoms with Gasteiger partial charge in [0.05, 0.1) is 29.0 Å². The van der Waals surface area contributed by atoms with Crippen molar-refractivity contribution in [1.29, 1.82) is 0 Å². The van der Waals surface area contributed by atoms with Crippen LogP contribution in [0, 0.1) is 0 Å². The van der Waals surface area contributed by atoms with Crippen molar-refractivity contribution >= 4 is 16.9 Å². The summed E-state index contributed by atoms with van der Waals surface area (Å²) in [5.41, 5.74) is 3.11. The van der Waals surface area contributed by atoms with E-state index >= 15 is 0 Å². The third kappa shape index (κ3) is 2.09. The molecule has 6 nitrogen and oxygen atoms in total. The fourth-order valence-corrected chi connectivity index (χ4v) is 4.37. The molecule has 0 saturated heterocycles. The van der Waals surface area contributed by atoms with Crippen molar-refractivity contribution in [3.8, 4) is 11.4 Å². The topological polar surface area (TPSA) is 81.4 Å². The van der Waals surface area contributed by atoms with E-state index in [1.807, 2.05) is 12.1 Å². The predicted octanol–water partition coefficient (Wildman–Crippen LogP) is 2.64. The molecule has 1 aromatic carbocycles. The Kier molecular flexibility index (Phi) is 3.52. The quantitative estimate of drug-likeness (QED) is 0.544. The van der Waals surface area contributed by atoms with Gasteiger partial charge in [0.1, 0.15) is 6.61 Å². The molecule has 0 radical (unpaired) electrons. The Hall–Kier alpha value is -2.99. The van der Waals surface area contributed by atoms with Crippen LogP contribution in [0.1, 0.15) is 42.5 Å². The minimum Gasteiger partial charge on any atom is -0.458 e. The molecular weight excluding hydrogens is 356 g/mol. The van der Waals surface area contributed by atoms with Crippen LogP contribution in [0.4, 0.5) is 0 Å². The summed E-state index contributed by atoms with van der Waals surface area (Å²) in [7, 11) is 0. The van der Waals surface area contributed by atoms with Gasteiger partial charge in [-0.05, 0) is 36.6 Å². The second kappa shape index (κ2) is 5.75. The van der Waals surface area contributed by atoms with E-state index in [4.69, 9.17) is 9.72 Å². The van der Waals surface area contributed by atoms with Gasteiger partial charge in [-0.2, -0.15) is 0 Å². The highest BCUT2D eigenvalue weighted by Gasteiger charge is 2.45. The highest BCUT2D eigenvalue weighted by Crippen LogP contribution is 2.38. The summed E-state index contributed by atoms with van der Waals surface area (Å²) in [6.45, 7) is 4.13. The maximum Gasteiger partial charge on any atom is 0.343 e. The highest BCUT2D eigenvalue weighted by atomic mass is 16.6. The van der Waals surface area contributed by atoms with Gasteiger partial charge in [0, 0.05) is 16.5 Å². The Balaban J connectivity index is 1.79. The van der Waals surface area contributed by atoms with Crippen LogP contribution in [0.5, 0.6) is 0 Å². The van der Waals surface area contributed by atoms with Crippen LogP contribution in [0.2, 0.25) is 0 Å². The number of benzene rings is 1. The third-order valence-electron chi connectivity index (χ3n) is 6.02. The van der Waals surface area contributed by atoms with Crippen molar-refractivity contribution in [2.24, 2.45) is 0 Å². The molecule has 0 saturated carbocycles. The average molecular weight is 376 g/mol. The van der Waals surface area contributed by atoms with E-state index in [0.29, 0.717) is 23.4 Å². The molecule has 0 amide bonds. The monoisotopic (exact) mass is 376 g/mol. The van der Waals surface area contributed by atoms with Crippen LogP contribution in [-0.2, 0) is 34.7 Å². The molecule has 0 bridgehead atoms. The van der Waals surface area contributed by atoms with Gasteiger partial charge in [-0.25, -0.2) is 9.78 Å². The normalized spacial score (nSPS) is 19.9. The summed E-state index contributed by atoms with van der Waals surface area (Å²) in [5, 5.41) is 12.0. The molecule has 0 unspecified atom stereocenters. The number of cyclic esters (lactones) is 1. The Morgan fingerprint density at radius 1 is 1.25 bits per heavy atom. The fraction of sp³-hybridized carbons (Fsp3) is 0.318. The smallest absolute Gasteiger partial charge is 0.343 e. The van der Waals surface area contributed by atoms with Crippen molar-refractivity contribution in [2.75, 3.05) is 0 Å². The molecule has 28 heavy (non-hydrogen) atoms. The molecule has 0 aliphatic carbocycles. The van der Waals surface area contributed by atoms with E-state index in [2.05, 4.69) is 19.1 Å². The number of pyridine rings is 2. The minimum absolute atomic E-state index is 0.110. The SMILES string of the molecule is CCc1cccc2nc3c(cc12)Cn1c-3cc2c(c1=O)COC(=O)[C@]2(O)CC. The molecule has 4 heterocycles. The maximum absolute atomic E-state index is 13.1. The van der Waals surface area contributed by atoms with Gasteiger partial charge in [0.15, 0.2) is 5.60 Å². The predicted molar refractivity (Wildman–Crippen MR) is 104 cm³/mol. The number of carbonyl (C=O) groups is 1. The summed E-state index contributed by atoms with van der Waals surface area (Å²) in [6, 6.07) is 9.90. The highest BCUT2D eigenvalue weighted by molar-refractivity contribution is 5.88. The summed E-state index contributed by atoms with van der Waals surface area (Å²) in [4.78, 5) is 30.2. The zero-order chi connectivity index (χ0) is 19.6. The number of hydrogen-bond donors (Lipinski definition) is 1. The van der Waals surface area contributed by atoms with Crippen molar-refractivity contribution < 1.29 is 14.6 Å². The second-order valence-corrected chi connectivity index (χ2v) is 7.44. The van der Waals surface area contributed by atoms with Crippen LogP contribution in [0.25, 0.3) is 22.3 Å². The number of nitrogens with zero attached hydrogens (tertiary/aromatic N) is 2. The largest absolute Gasteiger partial charge is 0.458 e. The van der Waals surface area contributed by atoms with E-state index in [0.717, 1.165) is 28.6 Å². The standard InChI is InChI=1S/C22H20N2O4/c1-3-12-6-5-7-17-14(12)8-13-10-24-18(19(13)23-17)9-16-15(20(24)25)11-28-21(26)22(16,27)4-2/h5-9,27H,3-4,10-11H2,1-2H3/t22-/m0/s1. The van der Waals surface area contributed by atoms with Crippen molar-refractivity contribution in [3.05, 3.63) is 62.9 Å². The number of ether oxygens (including phenoxy) is 1. The average Bonchev–Trinajstić information content (AvgIpc) is 3.07. The van der Waals surface area contributed by atoms with Gasteiger partial charge in [-0.15, -0.1) is 0 Å². The molecule has 142 valence electrons. The van der Waals surface area contributed by atoms with Crippen LogP contribution >= 0.6 is 0 Å². The van der Waals surface area contributed by atoms with Gasteiger partial charge in [-0.3, -0.25) is 4.79 Å². The lowest BCUT2D eigenvalue weighted by Gasteiger charge is -2.31. The van der Waals surface area contributed by atoms with E-state index in [-0.39, 0.29) is 18.6 Å². The summed E-state index contributed by atoms with van der Waals surface area (Å²) < 4.78 is 6.77. The Morgan fingerprint density at radius 3 is 2.82 bits per heavy atom. The van der Waals surface area contributed by atoms with Crippen LogP contribution in [-0.4, -0.2) is 20.6 Å². The molecule has 6 heteroatoms. The Labute approximate surface area is 161 Å². The van der Waals surface area contributed by atoms with Gasteiger partial charge >= 0.3 is 5.97 Å². The van der Waals surface area contributed by atoms with E-state index in [9.17, 15) is 14.7 Å². The van der Waals surface area contributed by atoms with Gasteiger partial charge < -0.3 is 14.4 Å². The molecular formula is C22H20N2O4. The molecule has 2 aliphatic rings. The number of fused-ring (bicyclic) bond motifs is 5. The number of rotatable bonds is 2. The minimum atomic E-state index is -1.79. The van der Waals surface area contributed by atoms with Crippen molar-refractivity contribution in [1.82, 2.24) is 9.55 Å². The number of aryl methyl sites for hydroxylation is 1. The Bertz CT molecular complexity index is 1230. The first-order chi connectivity index (χ1) is 13.5. The number of aromatic nitrogens is 2. The molecule has 3 aromatic rings. The lowest BCUT2D eigenvalue weighted by atomic mass is 9.86. The molecule has 5 rings (SSSR count). The van der Waals surface area contributed by atoms with E-state index in [1.54, 1.807) is 17.6 Å². The fourth-order valence-electron chi connectivity index (χ4n) is 4.37. The lowest BCUT2D eigenvalue weighted by Crippen LogP contribution is -2.44. The first-order valence-corrected chi connectivity index (χ1v) is 9.56. The number of esters is 1. The third-order valence-corrected chi connectivity index (χ3v) is 6.02.